The van der Waals surface area contributed by atoms with E-state index in [1.54, 1.807) is 16.7 Å². The summed E-state index contributed by atoms with van der Waals surface area (Å²) in [6.07, 6.45) is 0.481. The van der Waals surface area contributed by atoms with Crippen LogP contribution in [0, 0.1) is 0 Å². The number of thioether (sulfide) groups is 2. The van der Waals surface area contributed by atoms with Crippen LogP contribution in [0.25, 0.3) is 0 Å². The number of fused-ring (bicyclic) bond motifs is 1. The first kappa shape index (κ1) is 19.2. The number of aromatic nitrogens is 2. The molecule has 0 spiro atoms. The lowest BCUT2D eigenvalue weighted by molar-refractivity contribution is -0.153. The van der Waals surface area contributed by atoms with Crippen LogP contribution in [0.4, 0.5) is 0 Å². The van der Waals surface area contributed by atoms with E-state index in [4.69, 9.17) is 4.74 Å². The molecule has 0 radical (unpaired) electrons. The maximum absolute atomic E-state index is 12.8. The second kappa shape index (κ2) is 8.88. The fraction of sp³-hybridized carbons (Fsp3) is 0.412. The Labute approximate surface area is 164 Å². The lowest BCUT2D eigenvalue weighted by Crippen LogP contribution is -2.49. The van der Waals surface area contributed by atoms with Crippen LogP contribution in [0.1, 0.15) is 18.1 Å². The van der Waals surface area contributed by atoms with Crippen LogP contribution < -0.4 is 0 Å². The van der Waals surface area contributed by atoms with Gasteiger partial charge in [-0.25, -0.2) is 4.79 Å². The van der Waals surface area contributed by atoms with E-state index in [1.165, 1.54) is 30.2 Å². The zero-order valence-corrected chi connectivity index (χ0v) is 17.0. The molecule has 6 nitrogen and oxygen atoms in total. The van der Waals surface area contributed by atoms with Crippen molar-refractivity contribution in [2.75, 3.05) is 18.6 Å². The average Bonchev–Trinajstić information content (AvgIpc) is 3.12. The van der Waals surface area contributed by atoms with Crippen molar-refractivity contribution < 1.29 is 14.3 Å². The zero-order chi connectivity index (χ0) is 18.5. The molecule has 1 aliphatic heterocycles. The molecule has 1 aliphatic rings. The summed E-state index contributed by atoms with van der Waals surface area (Å²) in [5, 5.41) is 8.20. The maximum atomic E-state index is 12.8. The average molecular weight is 410 g/mol. The van der Waals surface area contributed by atoms with Crippen LogP contribution in [0.2, 0.25) is 0 Å². The van der Waals surface area contributed by atoms with Crippen molar-refractivity contribution in [2.24, 2.45) is 0 Å². The summed E-state index contributed by atoms with van der Waals surface area (Å²) >= 11 is 4.48. The Bertz CT molecular complexity index is 796. The highest BCUT2D eigenvalue weighted by Crippen LogP contribution is 2.30. The molecule has 0 fully saturated rings. The fourth-order valence-corrected chi connectivity index (χ4v) is 5.58. The quantitative estimate of drug-likeness (QED) is 0.536. The van der Waals surface area contributed by atoms with Gasteiger partial charge in [-0.3, -0.25) is 4.79 Å². The third-order valence-electron chi connectivity index (χ3n) is 4.02. The second-order valence-electron chi connectivity index (χ2n) is 5.59. The Morgan fingerprint density at radius 3 is 2.62 bits per heavy atom. The third-order valence-corrected chi connectivity index (χ3v) is 7.07. The second-order valence-corrected chi connectivity index (χ2v) is 9.30. The predicted molar refractivity (Wildman–Crippen MR) is 104 cm³/mol. The molecule has 1 atom stereocenters. The van der Waals surface area contributed by atoms with Crippen molar-refractivity contribution in [3.05, 3.63) is 35.4 Å². The molecular formula is C17H19N3O3S3. The minimum atomic E-state index is -0.580. The normalized spacial score (nSPS) is 16.2. The molecule has 9 heteroatoms. The summed E-state index contributed by atoms with van der Waals surface area (Å²) in [7, 11) is 1.36. The van der Waals surface area contributed by atoms with Crippen molar-refractivity contribution in [2.45, 2.75) is 34.6 Å². The Balaban J connectivity index is 1.70. The smallest absolute Gasteiger partial charge is 0.328 e. The number of ether oxygens (including phenoxy) is 1. The van der Waals surface area contributed by atoms with E-state index in [0.29, 0.717) is 13.0 Å². The van der Waals surface area contributed by atoms with Gasteiger partial charge < -0.3 is 9.64 Å². The van der Waals surface area contributed by atoms with Crippen LogP contribution in [0.15, 0.2) is 32.9 Å². The molecule has 0 N–H and O–H groups in total. The number of hydrogen-bond acceptors (Lipinski definition) is 8. The predicted octanol–water partition coefficient (Wildman–Crippen LogP) is 2.87. The lowest BCUT2D eigenvalue weighted by Gasteiger charge is -2.35. The van der Waals surface area contributed by atoms with Gasteiger partial charge in [-0.1, -0.05) is 66.0 Å². The largest absolute Gasteiger partial charge is 0.467 e. The van der Waals surface area contributed by atoms with Crippen molar-refractivity contribution in [1.82, 2.24) is 15.1 Å². The first-order valence-electron chi connectivity index (χ1n) is 8.15. The summed E-state index contributed by atoms with van der Waals surface area (Å²) in [5.41, 5.74) is 2.16. The Hall–Kier alpha value is -1.58. The first-order chi connectivity index (χ1) is 12.6. The van der Waals surface area contributed by atoms with E-state index in [9.17, 15) is 9.59 Å². The number of carbonyl (C=O) groups is 2. The van der Waals surface area contributed by atoms with Gasteiger partial charge in [0.15, 0.2) is 8.68 Å². The van der Waals surface area contributed by atoms with E-state index >= 15 is 0 Å². The number of nitrogens with zero attached hydrogens (tertiary/aromatic N) is 3. The lowest BCUT2D eigenvalue weighted by atomic mass is 9.94. The van der Waals surface area contributed by atoms with E-state index in [0.717, 1.165) is 25.6 Å². The molecule has 1 amide bonds. The van der Waals surface area contributed by atoms with Gasteiger partial charge in [0.25, 0.3) is 0 Å². The molecule has 2 aromatic rings. The third kappa shape index (κ3) is 4.39. The number of esters is 1. The molecule has 138 valence electrons. The van der Waals surface area contributed by atoms with Gasteiger partial charge >= 0.3 is 5.97 Å². The number of carbonyl (C=O) groups excluding carboxylic acids is 2. The van der Waals surface area contributed by atoms with Gasteiger partial charge in [-0.05, 0) is 16.9 Å². The van der Waals surface area contributed by atoms with Crippen molar-refractivity contribution >= 4 is 46.7 Å². The topological polar surface area (TPSA) is 72.4 Å². The zero-order valence-electron chi connectivity index (χ0n) is 14.5. The number of methoxy groups -OCH3 is 1. The highest BCUT2D eigenvalue weighted by molar-refractivity contribution is 8.03. The van der Waals surface area contributed by atoms with Crippen LogP contribution >= 0.6 is 34.9 Å². The van der Waals surface area contributed by atoms with E-state index in [-0.39, 0.29) is 17.6 Å². The summed E-state index contributed by atoms with van der Waals surface area (Å²) in [6, 6.07) is 7.30. The molecule has 0 saturated carbocycles. The summed E-state index contributed by atoms with van der Waals surface area (Å²) in [5.74, 6) is 0.683. The Morgan fingerprint density at radius 2 is 1.92 bits per heavy atom. The van der Waals surface area contributed by atoms with Crippen LogP contribution in [0.3, 0.4) is 0 Å². The summed E-state index contributed by atoms with van der Waals surface area (Å²) in [6.45, 7) is 2.48. The number of rotatable bonds is 6. The molecule has 0 bridgehead atoms. The number of hydrogen-bond donors (Lipinski definition) is 0. The van der Waals surface area contributed by atoms with Gasteiger partial charge in [0, 0.05) is 13.0 Å². The Kier molecular flexibility index (Phi) is 6.55. The van der Waals surface area contributed by atoms with Gasteiger partial charge in [0.05, 0.1) is 12.9 Å². The van der Waals surface area contributed by atoms with Gasteiger partial charge in [0.1, 0.15) is 6.04 Å². The molecule has 0 unspecified atom stereocenters. The van der Waals surface area contributed by atoms with Crippen LogP contribution in [-0.4, -0.2) is 51.6 Å². The standard InChI is InChI=1S/C17H19N3O3S3/c1-3-24-16-18-19-17(26-16)25-10-14(21)20-9-12-7-5-4-6-11(12)8-13(20)15(22)23-2/h4-7,13H,3,8-10H2,1-2H3/t13-/m1/s1. The number of amides is 1. The Morgan fingerprint density at radius 1 is 1.23 bits per heavy atom. The number of benzene rings is 1. The molecule has 1 aromatic heterocycles. The van der Waals surface area contributed by atoms with E-state index in [1.807, 2.05) is 24.3 Å². The van der Waals surface area contributed by atoms with Crippen molar-refractivity contribution in [3.8, 4) is 0 Å². The fourth-order valence-electron chi connectivity index (χ4n) is 2.78. The summed E-state index contributed by atoms with van der Waals surface area (Å²) < 4.78 is 6.59. The van der Waals surface area contributed by atoms with Crippen LogP contribution in [0.5, 0.6) is 0 Å². The molecule has 0 aliphatic carbocycles. The molecule has 1 aromatic carbocycles. The molecule has 26 heavy (non-hydrogen) atoms. The van der Waals surface area contributed by atoms with Gasteiger partial charge in [0.2, 0.25) is 5.91 Å². The highest BCUT2D eigenvalue weighted by Gasteiger charge is 2.35. The van der Waals surface area contributed by atoms with Crippen LogP contribution in [-0.2, 0) is 27.3 Å². The highest BCUT2D eigenvalue weighted by atomic mass is 32.2. The summed E-state index contributed by atoms with van der Waals surface area (Å²) in [4.78, 5) is 26.6. The SMILES string of the molecule is CCSc1nnc(SCC(=O)N2Cc3ccccc3C[C@@H]2C(=O)OC)s1. The van der Waals surface area contributed by atoms with E-state index < -0.39 is 6.04 Å². The van der Waals surface area contributed by atoms with Gasteiger partial charge in [-0.2, -0.15) is 0 Å². The molecule has 2 heterocycles. The van der Waals surface area contributed by atoms with E-state index in [2.05, 4.69) is 17.1 Å². The minimum absolute atomic E-state index is 0.0974. The molecule has 0 saturated heterocycles. The molecule has 3 rings (SSSR count). The van der Waals surface area contributed by atoms with Crippen molar-refractivity contribution in [1.29, 1.82) is 0 Å². The first-order valence-corrected chi connectivity index (χ1v) is 10.9. The monoisotopic (exact) mass is 409 g/mol. The maximum Gasteiger partial charge on any atom is 0.328 e. The molecular weight excluding hydrogens is 390 g/mol. The van der Waals surface area contributed by atoms with Crippen molar-refractivity contribution in [3.63, 3.8) is 0 Å². The van der Waals surface area contributed by atoms with Gasteiger partial charge in [-0.15, -0.1) is 10.2 Å². The minimum Gasteiger partial charge on any atom is -0.467 e.